The number of rotatable bonds is 5. The van der Waals surface area contributed by atoms with E-state index in [9.17, 15) is 14.3 Å². The monoisotopic (exact) mass is 357 g/mol. The molecule has 2 rings (SSSR count). The largest absolute Gasteiger partial charge is 0.396 e. The zero-order chi connectivity index (χ0) is 15.2. The van der Waals surface area contributed by atoms with Crippen LogP contribution in [0.15, 0.2) is 22.7 Å². The van der Waals surface area contributed by atoms with Crippen molar-refractivity contribution in [1.82, 2.24) is 5.32 Å². The van der Waals surface area contributed by atoms with Gasteiger partial charge in [-0.3, -0.25) is 4.79 Å². The van der Waals surface area contributed by atoms with Crippen molar-refractivity contribution in [2.45, 2.75) is 44.6 Å². The number of halogens is 2. The van der Waals surface area contributed by atoms with Gasteiger partial charge in [0.2, 0.25) is 5.91 Å². The molecule has 2 N–H and O–H groups in total. The van der Waals surface area contributed by atoms with Gasteiger partial charge in [0.1, 0.15) is 5.82 Å². The van der Waals surface area contributed by atoms with E-state index in [0.717, 1.165) is 25.7 Å². The molecular formula is C16H21BrFNO2. The van der Waals surface area contributed by atoms with E-state index in [0.29, 0.717) is 16.5 Å². The number of hydrogen-bond acceptors (Lipinski definition) is 2. The Morgan fingerprint density at radius 2 is 2.14 bits per heavy atom. The maximum absolute atomic E-state index is 13.7. The molecule has 1 fully saturated rings. The van der Waals surface area contributed by atoms with Crippen LogP contribution in [0.4, 0.5) is 4.39 Å². The van der Waals surface area contributed by atoms with Gasteiger partial charge in [0.05, 0.1) is 0 Å². The minimum atomic E-state index is -0.289. The normalized spacial score (nSPS) is 22.0. The first-order chi connectivity index (χ1) is 10.1. The Morgan fingerprint density at radius 3 is 2.86 bits per heavy atom. The van der Waals surface area contributed by atoms with Crippen LogP contribution in [0.2, 0.25) is 0 Å². The molecule has 1 saturated carbocycles. The summed E-state index contributed by atoms with van der Waals surface area (Å²) in [5, 5.41) is 12.3. The van der Waals surface area contributed by atoms with Crippen molar-refractivity contribution >= 4 is 21.8 Å². The van der Waals surface area contributed by atoms with Crippen molar-refractivity contribution < 1.29 is 14.3 Å². The van der Waals surface area contributed by atoms with Crippen LogP contribution >= 0.6 is 15.9 Å². The summed E-state index contributed by atoms with van der Waals surface area (Å²) in [6, 6.07) is 4.95. The lowest BCUT2D eigenvalue weighted by Gasteiger charge is -2.30. The van der Waals surface area contributed by atoms with Gasteiger partial charge in [0.25, 0.3) is 0 Å². The number of aliphatic hydroxyl groups excluding tert-OH is 1. The van der Waals surface area contributed by atoms with E-state index < -0.39 is 0 Å². The van der Waals surface area contributed by atoms with Gasteiger partial charge >= 0.3 is 0 Å². The van der Waals surface area contributed by atoms with E-state index in [4.69, 9.17) is 0 Å². The Labute approximate surface area is 133 Å². The van der Waals surface area contributed by atoms with Crippen LogP contribution in [0.5, 0.6) is 0 Å². The fourth-order valence-corrected chi connectivity index (χ4v) is 3.20. The average molecular weight is 358 g/mol. The van der Waals surface area contributed by atoms with E-state index in [2.05, 4.69) is 21.2 Å². The van der Waals surface area contributed by atoms with E-state index in [1.54, 1.807) is 12.1 Å². The second kappa shape index (κ2) is 7.90. The fraction of sp³-hybridized carbons (Fsp3) is 0.562. The molecule has 5 heteroatoms. The summed E-state index contributed by atoms with van der Waals surface area (Å²) in [7, 11) is 0. The van der Waals surface area contributed by atoms with Crippen molar-refractivity contribution in [2.24, 2.45) is 5.92 Å². The van der Waals surface area contributed by atoms with Crippen LogP contribution in [0.3, 0.4) is 0 Å². The third-order valence-electron chi connectivity index (χ3n) is 4.13. The predicted octanol–water partition coefficient (Wildman–Crippen LogP) is 3.19. The highest BCUT2D eigenvalue weighted by molar-refractivity contribution is 9.10. The number of carbonyl (C=O) groups is 1. The van der Waals surface area contributed by atoms with E-state index in [1.165, 1.54) is 6.07 Å². The summed E-state index contributed by atoms with van der Waals surface area (Å²) < 4.78 is 14.4. The van der Waals surface area contributed by atoms with Crippen LogP contribution in [-0.4, -0.2) is 23.7 Å². The zero-order valence-electron chi connectivity index (χ0n) is 11.9. The van der Waals surface area contributed by atoms with Crippen molar-refractivity contribution in [3.8, 4) is 0 Å². The number of benzene rings is 1. The molecule has 1 aromatic carbocycles. The molecule has 0 heterocycles. The van der Waals surface area contributed by atoms with Gasteiger partial charge in [-0.05, 0) is 37.0 Å². The third-order valence-corrected chi connectivity index (χ3v) is 4.62. The van der Waals surface area contributed by atoms with Crippen molar-refractivity contribution in [3.63, 3.8) is 0 Å². The second-order valence-corrected chi connectivity index (χ2v) is 6.55. The van der Waals surface area contributed by atoms with Gasteiger partial charge in [0.15, 0.2) is 0 Å². The predicted molar refractivity (Wildman–Crippen MR) is 83.4 cm³/mol. The highest BCUT2D eigenvalue weighted by atomic mass is 79.9. The minimum Gasteiger partial charge on any atom is -0.396 e. The molecule has 0 unspecified atom stereocenters. The number of nitrogens with one attached hydrogen (secondary N) is 1. The molecule has 0 bridgehead atoms. The van der Waals surface area contributed by atoms with Crippen LogP contribution in [-0.2, 0) is 11.2 Å². The molecule has 1 aliphatic carbocycles. The third kappa shape index (κ3) is 4.78. The fourth-order valence-electron chi connectivity index (χ4n) is 2.87. The SMILES string of the molecule is O=C(CCc1ccc(Br)cc1F)N[C@H]1CCCC[C@H]1CO. The lowest BCUT2D eigenvalue weighted by Crippen LogP contribution is -2.43. The van der Waals surface area contributed by atoms with E-state index >= 15 is 0 Å². The lowest BCUT2D eigenvalue weighted by atomic mass is 9.85. The molecular weight excluding hydrogens is 337 g/mol. The van der Waals surface area contributed by atoms with Gasteiger partial charge in [-0.15, -0.1) is 0 Å². The average Bonchev–Trinajstić information content (AvgIpc) is 2.47. The van der Waals surface area contributed by atoms with Crippen molar-refractivity contribution in [3.05, 3.63) is 34.1 Å². The lowest BCUT2D eigenvalue weighted by molar-refractivity contribution is -0.122. The molecule has 2 atom stereocenters. The molecule has 0 aliphatic heterocycles. The zero-order valence-corrected chi connectivity index (χ0v) is 13.5. The molecule has 0 saturated heterocycles. The van der Waals surface area contributed by atoms with E-state index in [-0.39, 0.29) is 36.7 Å². The summed E-state index contributed by atoms with van der Waals surface area (Å²) in [6.07, 6.45) is 4.74. The van der Waals surface area contributed by atoms with Crippen molar-refractivity contribution in [1.29, 1.82) is 0 Å². The molecule has 1 amide bonds. The Bertz CT molecular complexity index is 495. The quantitative estimate of drug-likeness (QED) is 0.849. The smallest absolute Gasteiger partial charge is 0.220 e. The number of aryl methyl sites for hydroxylation is 1. The first-order valence-electron chi connectivity index (χ1n) is 7.44. The van der Waals surface area contributed by atoms with Gasteiger partial charge in [-0.25, -0.2) is 4.39 Å². The van der Waals surface area contributed by atoms with Crippen LogP contribution in [0, 0.1) is 11.7 Å². The molecule has 21 heavy (non-hydrogen) atoms. The molecule has 0 aromatic heterocycles. The summed E-state index contributed by atoms with van der Waals surface area (Å²) in [6.45, 7) is 0.117. The summed E-state index contributed by atoms with van der Waals surface area (Å²) in [4.78, 5) is 12.0. The summed E-state index contributed by atoms with van der Waals surface area (Å²) in [5.74, 6) is -0.196. The number of hydrogen-bond donors (Lipinski definition) is 2. The minimum absolute atomic E-state index is 0.0611. The number of carbonyl (C=O) groups excluding carboxylic acids is 1. The number of aliphatic hydroxyl groups is 1. The van der Waals surface area contributed by atoms with Gasteiger partial charge in [-0.1, -0.05) is 34.8 Å². The van der Waals surface area contributed by atoms with Crippen molar-refractivity contribution in [2.75, 3.05) is 6.61 Å². The number of amides is 1. The Morgan fingerprint density at radius 1 is 1.38 bits per heavy atom. The second-order valence-electron chi connectivity index (χ2n) is 5.64. The molecule has 0 spiro atoms. The highest BCUT2D eigenvalue weighted by Crippen LogP contribution is 2.24. The highest BCUT2D eigenvalue weighted by Gasteiger charge is 2.25. The first-order valence-corrected chi connectivity index (χ1v) is 8.23. The maximum Gasteiger partial charge on any atom is 0.220 e. The van der Waals surface area contributed by atoms with Crippen LogP contribution in [0.1, 0.15) is 37.7 Å². The van der Waals surface area contributed by atoms with Gasteiger partial charge in [-0.2, -0.15) is 0 Å². The molecule has 1 aliphatic rings. The van der Waals surface area contributed by atoms with Crippen LogP contribution < -0.4 is 5.32 Å². The molecule has 1 aromatic rings. The standard InChI is InChI=1S/C16H21BrFNO2/c17-13-7-5-11(14(18)9-13)6-8-16(21)19-15-4-2-1-3-12(15)10-20/h5,7,9,12,15,20H,1-4,6,8,10H2,(H,19,21)/t12-,15-/m0/s1. The Kier molecular flexibility index (Phi) is 6.18. The molecule has 3 nitrogen and oxygen atoms in total. The Hall–Kier alpha value is -0.940. The topological polar surface area (TPSA) is 49.3 Å². The maximum atomic E-state index is 13.7. The first kappa shape index (κ1) is 16.4. The van der Waals surface area contributed by atoms with Gasteiger partial charge < -0.3 is 10.4 Å². The van der Waals surface area contributed by atoms with E-state index in [1.807, 2.05) is 0 Å². The molecule has 0 radical (unpaired) electrons. The molecule has 116 valence electrons. The summed E-state index contributed by atoms with van der Waals surface area (Å²) >= 11 is 3.21. The van der Waals surface area contributed by atoms with Gasteiger partial charge in [0, 0.05) is 29.5 Å². The summed E-state index contributed by atoms with van der Waals surface area (Å²) in [5.41, 5.74) is 0.552. The Balaban J connectivity index is 1.84. The van der Waals surface area contributed by atoms with Crippen LogP contribution in [0.25, 0.3) is 0 Å².